The van der Waals surface area contributed by atoms with E-state index in [0.29, 0.717) is 18.2 Å². The Bertz CT molecular complexity index is 849. The summed E-state index contributed by atoms with van der Waals surface area (Å²) >= 11 is 1.42. The number of hydrogen-bond donors (Lipinski definition) is 1. The number of hydrogen-bond acceptors (Lipinski definition) is 6. The van der Waals surface area contributed by atoms with Crippen molar-refractivity contribution in [1.82, 2.24) is 10.1 Å². The number of aryl methyl sites for hydroxylation is 3. The summed E-state index contributed by atoms with van der Waals surface area (Å²) in [5.41, 5.74) is 3.61. The van der Waals surface area contributed by atoms with Gasteiger partial charge in [0.1, 0.15) is 18.1 Å². The second-order valence-electron chi connectivity index (χ2n) is 5.75. The van der Waals surface area contributed by atoms with Crippen LogP contribution in [-0.4, -0.2) is 16.0 Å². The monoisotopic (exact) mass is 357 g/mol. The number of rotatable bonds is 6. The molecular weight excluding hydrogens is 338 g/mol. The Kier molecular flexibility index (Phi) is 5.14. The molecule has 0 aliphatic rings. The molecule has 2 aromatic heterocycles. The summed E-state index contributed by atoms with van der Waals surface area (Å²) in [6.45, 7) is 6.06. The zero-order valence-corrected chi connectivity index (χ0v) is 15.1. The predicted molar refractivity (Wildman–Crippen MR) is 95.9 cm³/mol. The van der Waals surface area contributed by atoms with Gasteiger partial charge in [-0.3, -0.25) is 4.79 Å². The van der Waals surface area contributed by atoms with Gasteiger partial charge >= 0.3 is 0 Å². The van der Waals surface area contributed by atoms with Crippen LogP contribution in [0.25, 0.3) is 0 Å². The van der Waals surface area contributed by atoms with Crippen LogP contribution >= 0.6 is 11.3 Å². The molecule has 2 heterocycles. The standard InChI is InChI=1S/C18H19N3O3S/c1-11-10-25-18(19-11)20-17(22)8-14-4-6-15(7-5-14)23-9-16-12(2)21-24-13(16)3/h4-7,10H,8-9H2,1-3H3,(H,19,20,22). The molecule has 3 rings (SSSR count). The van der Waals surface area contributed by atoms with Crippen molar-refractivity contribution < 1.29 is 14.1 Å². The van der Waals surface area contributed by atoms with Crippen LogP contribution < -0.4 is 10.1 Å². The molecule has 0 fully saturated rings. The van der Waals surface area contributed by atoms with Crippen molar-refractivity contribution in [1.29, 1.82) is 0 Å². The van der Waals surface area contributed by atoms with E-state index in [4.69, 9.17) is 9.26 Å². The number of anilines is 1. The molecule has 0 aliphatic heterocycles. The Morgan fingerprint density at radius 1 is 1.24 bits per heavy atom. The van der Waals surface area contributed by atoms with Crippen LogP contribution in [-0.2, 0) is 17.8 Å². The number of nitrogens with zero attached hydrogens (tertiary/aromatic N) is 2. The average molecular weight is 357 g/mol. The van der Waals surface area contributed by atoms with Crippen LogP contribution in [0.2, 0.25) is 0 Å². The fourth-order valence-corrected chi connectivity index (χ4v) is 3.03. The van der Waals surface area contributed by atoms with Gasteiger partial charge in [-0.2, -0.15) is 0 Å². The SMILES string of the molecule is Cc1csc(NC(=O)Cc2ccc(OCc3c(C)noc3C)cc2)n1. The molecule has 0 bridgehead atoms. The third-order valence-corrected chi connectivity index (χ3v) is 4.59. The maximum atomic E-state index is 12.0. The largest absolute Gasteiger partial charge is 0.489 e. The van der Waals surface area contributed by atoms with Crippen LogP contribution in [0.3, 0.4) is 0 Å². The van der Waals surface area contributed by atoms with Gasteiger partial charge < -0.3 is 14.6 Å². The van der Waals surface area contributed by atoms with Gasteiger partial charge in [0.25, 0.3) is 0 Å². The Balaban J connectivity index is 1.54. The molecule has 6 nitrogen and oxygen atoms in total. The number of benzene rings is 1. The lowest BCUT2D eigenvalue weighted by atomic mass is 10.1. The highest BCUT2D eigenvalue weighted by atomic mass is 32.1. The predicted octanol–water partition coefficient (Wildman–Crippen LogP) is 3.82. The topological polar surface area (TPSA) is 77.2 Å². The highest BCUT2D eigenvalue weighted by Crippen LogP contribution is 2.19. The molecule has 0 atom stereocenters. The van der Waals surface area contributed by atoms with E-state index in [1.807, 2.05) is 50.4 Å². The minimum Gasteiger partial charge on any atom is -0.489 e. The fraction of sp³-hybridized carbons (Fsp3) is 0.278. The zero-order chi connectivity index (χ0) is 17.8. The number of carbonyl (C=O) groups excluding carboxylic acids is 1. The van der Waals surface area contributed by atoms with Gasteiger partial charge in [0.05, 0.1) is 23.4 Å². The van der Waals surface area contributed by atoms with Crippen molar-refractivity contribution in [3.8, 4) is 5.75 Å². The van der Waals surface area contributed by atoms with Crippen molar-refractivity contribution in [3.63, 3.8) is 0 Å². The van der Waals surface area contributed by atoms with E-state index in [2.05, 4.69) is 15.5 Å². The number of amides is 1. The summed E-state index contributed by atoms with van der Waals surface area (Å²) in [6.07, 6.45) is 0.294. The van der Waals surface area contributed by atoms with E-state index in [1.54, 1.807) is 0 Å². The molecule has 0 radical (unpaired) electrons. The molecule has 0 spiro atoms. The highest BCUT2D eigenvalue weighted by molar-refractivity contribution is 7.13. The van der Waals surface area contributed by atoms with Crippen LogP contribution in [0.1, 0.15) is 28.3 Å². The summed E-state index contributed by atoms with van der Waals surface area (Å²) in [6, 6.07) is 7.48. The average Bonchev–Trinajstić information content (AvgIpc) is 3.12. The molecule has 3 aromatic rings. The van der Waals surface area contributed by atoms with Crippen molar-refractivity contribution in [3.05, 3.63) is 57.9 Å². The lowest BCUT2D eigenvalue weighted by molar-refractivity contribution is -0.115. The van der Waals surface area contributed by atoms with Gasteiger partial charge in [0, 0.05) is 5.38 Å². The molecule has 1 amide bonds. The van der Waals surface area contributed by atoms with E-state index < -0.39 is 0 Å². The van der Waals surface area contributed by atoms with Crippen LogP contribution in [0.5, 0.6) is 5.75 Å². The number of carbonyl (C=O) groups is 1. The van der Waals surface area contributed by atoms with E-state index in [-0.39, 0.29) is 5.91 Å². The molecule has 0 saturated heterocycles. The molecule has 0 aliphatic carbocycles. The molecule has 25 heavy (non-hydrogen) atoms. The molecule has 0 saturated carbocycles. The van der Waals surface area contributed by atoms with Gasteiger partial charge in [-0.05, 0) is 38.5 Å². The minimum absolute atomic E-state index is 0.0845. The van der Waals surface area contributed by atoms with E-state index in [1.165, 1.54) is 11.3 Å². The third-order valence-electron chi connectivity index (χ3n) is 3.72. The smallest absolute Gasteiger partial charge is 0.230 e. The first-order chi connectivity index (χ1) is 12.0. The molecule has 130 valence electrons. The molecule has 7 heteroatoms. The van der Waals surface area contributed by atoms with Gasteiger partial charge in [0.2, 0.25) is 5.91 Å². The highest BCUT2D eigenvalue weighted by Gasteiger charge is 2.10. The Morgan fingerprint density at radius 2 is 2.00 bits per heavy atom. The summed E-state index contributed by atoms with van der Waals surface area (Å²) < 4.78 is 10.9. The van der Waals surface area contributed by atoms with Crippen molar-refractivity contribution >= 4 is 22.4 Å². The summed E-state index contributed by atoms with van der Waals surface area (Å²) in [4.78, 5) is 16.3. The maximum absolute atomic E-state index is 12.0. The number of aromatic nitrogens is 2. The zero-order valence-electron chi connectivity index (χ0n) is 14.3. The normalized spacial score (nSPS) is 10.7. The van der Waals surface area contributed by atoms with Crippen LogP contribution in [0, 0.1) is 20.8 Å². The van der Waals surface area contributed by atoms with Crippen molar-refractivity contribution in [2.75, 3.05) is 5.32 Å². The Hall–Kier alpha value is -2.67. The molecule has 1 aromatic carbocycles. The quantitative estimate of drug-likeness (QED) is 0.726. The Labute approximate surface area is 149 Å². The first-order valence-electron chi connectivity index (χ1n) is 7.86. The second-order valence-corrected chi connectivity index (χ2v) is 6.61. The van der Waals surface area contributed by atoms with Gasteiger partial charge in [0.15, 0.2) is 5.13 Å². The lowest BCUT2D eigenvalue weighted by Crippen LogP contribution is -2.14. The van der Waals surface area contributed by atoms with E-state index >= 15 is 0 Å². The van der Waals surface area contributed by atoms with Gasteiger partial charge in [-0.15, -0.1) is 11.3 Å². The summed E-state index contributed by atoms with van der Waals surface area (Å²) in [5, 5.41) is 9.24. The van der Waals surface area contributed by atoms with E-state index in [9.17, 15) is 4.79 Å². The van der Waals surface area contributed by atoms with Crippen LogP contribution in [0.15, 0.2) is 34.2 Å². The maximum Gasteiger partial charge on any atom is 0.230 e. The number of ether oxygens (including phenoxy) is 1. The van der Waals surface area contributed by atoms with E-state index in [0.717, 1.165) is 34.0 Å². The molecular formula is C18H19N3O3S. The molecule has 1 N–H and O–H groups in total. The number of thiazole rings is 1. The first-order valence-corrected chi connectivity index (χ1v) is 8.74. The van der Waals surface area contributed by atoms with Gasteiger partial charge in [-0.1, -0.05) is 17.3 Å². The van der Waals surface area contributed by atoms with Crippen molar-refractivity contribution in [2.45, 2.75) is 33.8 Å². The number of nitrogens with one attached hydrogen (secondary N) is 1. The fourth-order valence-electron chi connectivity index (χ4n) is 2.33. The summed E-state index contributed by atoms with van der Waals surface area (Å²) in [7, 11) is 0. The lowest BCUT2D eigenvalue weighted by Gasteiger charge is -2.07. The summed E-state index contributed by atoms with van der Waals surface area (Å²) in [5.74, 6) is 1.42. The second kappa shape index (κ2) is 7.48. The first kappa shape index (κ1) is 17.2. The minimum atomic E-state index is -0.0845. The van der Waals surface area contributed by atoms with Crippen molar-refractivity contribution in [2.24, 2.45) is 0 Å². The van der Waals surface area contributed by atoms with Gasteiger partial charge in [-0.25, -0.2) is 4.98 Å². The third kappa shape index (κ3) is 4.45. The Morgan fingerprint density at radius 3 is 2.60 bits per heavy atom. The molecule has 0 unspecified atom stereocenters. The van der Waals surface area contributed by atoms with Crippen LogP contribution in [0.4, 0.5) is 5.13 Å².